The van der Waals surface area contributed by atoms with Gasteiger partial charge in [-0.3, -0.25) is 4.79 Å². The quantitative estimate of drug-likeness (QED) is 0.773. The topological polar surface area (TPSA) is 64.3 Å². The van der Waals surface area contributed by atoms with E-state index in [-0.39, 0.29) is 18.2 Å². The van der Waals surface area contributed by atoms with Crippen LogP contribution in [-0.2, 0) is 11.0 Å². The van der Waals surface area contributed by atoms with E-state index >= 15 is 0 Å². The summed E-state index contributed by atoms with van der Waals surface area (Å²) in [7, 11) is 0. The van der Waals surface area contributed by atoms with E-state index in [9.17, 15) is 18.0 Å². The molecule has 1 amide bonds. The lowest BCUT2D eigenvalue weighted by Crippen LogP contribution is -2.14. The van der Waals surface area contributed by atoms with Crippen molar-refractivity contribution in [2.75, 3.05) is 18.5 Å². The van der Waals surface area contributed by atoms with Crippen molar-refractivity contribution < 1.29 is 22.7 Å². The molecular weight excluding hydrogens is 345 g/mol. The molecule has 0 spiro atoms. The lowest BCUT2D eigenvalue weighted by molar-refractivity contribution is -0.137. The molecule has 0 aliphatic heterocycles. The van der Waals surface area contributed by atoms with Crippen molar-refractivity contribution in [3.05, 3.63) is 59.7 Å². The van der Waals surface area contributed by atoms with E-state index < -0.39 is 11.7 Å². The van der Waals surface area contributed by atoms with Crippen LogP contribution in [0.15, 0.2) is 48.5 Å². The van der Waals surface area contributed by atoms with Crippen LogP contribution in [-0.4, -0.2) is 19.1 Å². The van der Waals surface area contributed by atoms with Crippen LogP contribution < -0.4 is 15.8 Å². The Labute approximate surface area is 150 Å². The summed E-state index contributed by atoms with van der Waals surface area (Å²) in [6, 6.07) is 11.8. The second-order valence-corrected chi connectivity index (χ2v) is 5.93. The molecule has 0 radical (unpaired) electrons. The smallest absolute Gasteiger partial charge is 0.416 e. The van der Waals surface area contributed by atoms with E-state index in [4.69, 9.17) is 10.5 Å². The number of rotatable bonds is 7. The van der Waals surface area contributed by atoms with Gasteiger partial charge in [0.2, 0.25) is 5.91 Å². The second-order valence-electron chi connectivity index (χ2n) is 5.93. The summed E-state index contributed by atoms with van der Waals surface area (Å²) in [5, 5.41) is 2.76. The molecule has 140 valence electrons. The number of nitrogens with one attached hydrogen (secondary N) is 1. The Kier molecular flexibility index (Phi) is 6.63. The van der Waals surface area contributed by atoms with Gasteiger partial charge in [0.25, 0.3) is 0 Å². The van der Waals surface area contributed by atoms with E-state index in [1.165, 1.54) is 12.1 Å². The maximum Gasteiger partial charge on any atom is 0.416 e. The molecule has 0 aromatic heterocycles. The number of carbonyl (C=O) groups excluding carboxylic acids is 1. The molecule has 1 unspecified atom stereocenters. The van der Waals surface area contributed by atoms with Gasteiger partial charge in [-0.1, -0.05) is 19.1 Å². The van der Waals surface area contributed by atoms with Crippen molar-refractivity contribution in [2.24, 2.45) is 5.73 Å². The maximum atomic E-state index is 12.6. The molecule has 2 aromatic rings. The van der Waals surface area contributed by atoms with Crippen LogP contribution in [0.5, 0.6) is 5.75 Å². The summed E-state index contributed by atoms with van der Waals surface area (Å²) in [5.41, 5.74) is 5.96. The van der Waals surface area contributed by atoms with Gasteiger partial charge in [-0.2, -0.15) is 13.2 Å². The van der Waals surface area contributed by atoms with Gasteiger partial charge < -0.3 is 15.8 Å². The van der Waals surface area contributed by atoms with Crippen molar-refractivity contribution in [2.45, 2.75) is 25.4 Å². The molecule has 0 aliphatic carbocycles. The molecule has 1 atom stereocenters. The Balaban J connectivity index is 1.90. The van der Waals surface area contributed by atoms with Gasteiger partial charge >= 0.3 is 6.18 Å². The first kappa shape index (κ1) is 19.8. The Hall–Kier alpha value is -2.54. The number of carbonyl (C=O) groups is 1. The SMILES string of the molecule is CC(CC(=O)Nc1ccc(OCCN)cc1)c1ccc(C(F)(F)F)cc1. The summed E-state index contributed by atoms with van der Waals surface area (Å²) in [4.78, 5) is 12.1. The molecule has 2 aromatic carbocycles. The van der Waals surface area contributed by atoms with Crippen LogP contribution in [0.3, 0.4) is 0 Å². The number of hydrogen-bond donors (Lipinski definition) is 2. The van der Waals surface area contributed by atoms with Crippen LogP contribution >= 0.6 is 0 Å². The number of amides is 1. The first-order valence-electron chi connectivity index (χ1n) is 8.19. The zero-order chi connectivity index (χ0) is 19.2. The van der Waals surface area contributed by atoms with Gasteiger partial charge in [-0.25, -0.2) is 0 Å². The molecule has 0 bridgehead atoms. The highest BCUT2D eigenvalue weighted by molar-refractivity contribution is 5.91. The Morgan fingerprint density at radius 2 is 1.73 bits per heavy atom. The molecule has 0 fully saturated rings. The fraction of sp³-hybridized carbons (Fsp3) is 0.316. The Bertz CT molecular complexity index is 713. The predicted octanol–water partition coefficient (Wildman–Crippen LogP) is 4.18. The van der Waals surface area contributed by atoms with Gasteiger partial charge in [-0.05, 0) is 47.9 Å². The first-order valence-corrected chi connectivity index (χ1v) is 8.19. The minimum Gasteiger partial charge on any atom is -0.492 e. The van der Waals surface area contributed by atoms with E-state index in [1.54, 1.807) is 31.2 Å². The molecule has 4 nitrogen and oxygen atoms in total. The highest BCUT2D eigenvalue weighted by Gasteiger charge is 2.30. The molecular formula is C19H21F3N2O2. The highest BCUT2D eigenvalue weighted by atomic mass is 19.4. The van der Waals surface area contributed by atoms with Crippen molar-refractivity contribution in [1.29, 1.82) is 0 Å². The Morgan fingerprint density at radius 1 is 1.12 bits per heavy atom. The zero-order valence-electron chi connectivity index (χ0n) is 14.3. The minimum atomic E-state index is -4.36. The van der Waals surface area contributed by atoms with Crippen LogP contribution in [0.2, 0.25) is 0 Å². The Morgan fingerprint density at radius 3 is 2.27 bits per heavy atom. The van der Waals surface area contributed by atoms with E-state index in [2.05, 4.69) is 5.32 Å². The third kappa shape index (κ3) is 5.77. The number of anilines is 1. The number of nitrogens with two attached hydrogens (primary N) is 1. The fourth-order valence-corrected chi connectivity index (χ4v) is 2.42. The standard InChI is InChI=1S/C19H21F3N2O2/c1-13(14-2-4-15(5-3-14)19(20,21)22)12-18(25)24-16-6-8-17(9-7-16)26-11-10-23/h2-9,13H,10-12,23H2,1H3,(H,24,25). The van der Waals surface area contributed by atoms with Crippen LogP contribution in [0.4, 0.5) is 18.9 Å². The van der Waals surface area contributed by atoms with Gasteiger partial charge in [-0.15, -0.1) is 0 Å². The van der Waals surface area contributed by atoms with Crippen molar-refractivity contribution in [1.82, 2.24) is 0 Å². The molecule has 0 aliphatic rings. The van der Waals surface area contributed by atoms with Crippen molar-refractivity contribution in [3.8, 4) is 5.75 Å². The average molecular weight is 366 g/mol. The van der Waals surface area contributed by atoms with Crippen LogP contribution in [0, 0.1) is 0 Å². The third-order valence-electron chi connectivity index (χ3n) is 3.82. The number of alkyl halides is 3. The predicted molar refractivity (Wildman–Crippen MR) is 94.1 cm³/mol. The lowest BCUT2D eigenvalue weighted by Gasteiger charge is -2.14. The van der Waals surface area contributed by atoms with E-state index in [1.807, 2.05) is 0 Å². The van der Waals surface area contributed by atoms with Gasteiger partial charge in [0.05, 0.1) is 5.56 Å². The lowest BCUT2D eigenvalue weighted by atomic mass is 9.96. The minimum absolute atomic E-state index is 0.163. The average Bonchev–Trinajstić information content (AvgIpc) is 2.60. The molecule has 2 rings (SSSR count). The first-order chi connectivity index (χ1) is 12.3. The zero-order valence-corrected chi connectivity index (χ0v) is 14.3. The molecule has 0 heterocycles. The molecule has 0 saturated heterocycles. The largest absolute Gasteiger partial charge is 0.492 e. The summed E-state index contributed by atoms with van der Waals surface area (Å²) in [6.45, 7) is 2.63. The molecule has 3 N–H and O–H groups in total. The number of benzene rings is 2. The molecule has 26 heavy (non-hydrogen) atoms. The van der Waals surface area contributed by atoms with Crippen molar-refractivity contribution in [3.63, 3.8) is 0 Å². The maximum absolute atomic E-state index is 12.6. The summed E-state index contributed by atoms with van der Waals surface area (Å²) >= 11 is 0. The molecule has 0 saturated carbocycles. The van der Waals surface area contributed by atoms with Gasteiger partial charge in [0.15, 0.2) is 0 Å². The molecule has 7 heteroatoms. The summed E-state index contributed by atoms with van der Waals surface area (Å²) < 4.78 is 43.1. The van der Waals surface area contributed by atoms with Gasteiger partial charge in [0.1, 0.15) is 12.4 Å². The van der Waals surface area contributed by atoms with Crippen LogP contribution in [0.25, 0.3) is 0 Å². The highest BCUT2D eigenvalue weighted by Crippen LogP contribution is 2.30. The van der Waals surface area contributed by atoms with Crippen LogP contribution in [0.1, 0.15) is 30.4 Å². The monoisotopic (exact) mass is 366 g/mol. The summed E-state index contributed by atoms with van der Waals surface area (Å²) in [5.74, 6) is 0.240. The summed E-state index contributed by atoms with van der Waals surface area (Å²) in [6.07, 6.45) is -4.20. The number of halogens is 3. The van der Waals surface area contributed by atoms with E-state index in [0.29, 0.717) is 30.2 Å². The third-order valence-corrected chi connectivity index (χ3v) is 3.82. The van der Waals surface area contributed by atoms with Crippen molar-refractivity contribution >= 4 is 11.6 Å². The van der Waals surface area contributed by atoms with Gasteiger partial charge in [0, 0.05) is 18.7 Å². The number of hydrogen-bond acceptors (Lipinski definition) is 3. The van der Waals surface area contributed by atoms with E-state index in [0.717, 1.165) is 12.1 Å². The fourth-order valence-electron chi connectivity index (χ4n) is 2.42. The number of ether oxygens (including phenoxy) is 1. The normalized spacial score (nSPS) is 12.5. The second kappa shape index (κ2) is 8.71.